The molecule has 4 N–H and O–H groups in total. The topological polar surface area (TPSA) is 121 Å². The number of halogens is 2. The minimum absolute atomic E-state index is 0.119. The molecule has 0 bridgehead atoms. The average Bonchev–Trinajstić information content (AvgIpc) is 3.07. The third-order valence-electron chi connectivity index (χ3n) is 5.08. The summed E-state index contributed by atoms with van der Waals surface area (Å²) < 4.78 is 0.461. The molecule has 4 heterocycles. The van der Waals surface area contributed by atoms with E-state index in [9.17, 15) is 9.90 Å². The second kappa shape index (κ2) is 6.98. The number of carboxylic acids is 1. The Bertz CT molecular complexity index is 1070. The highest BCUT2D eigenvalue weighted by Crippen LogP contribution is 2.37. The molecule has 1 saturated heterocycles. The number of aromatic carboxylic acids is 1. The summed E-state index contributed by atoms with van der Waals surface area (Å²) in [6.45, 7) is 3.46. The number of hydrogen-bond acceptors (Lipinski definition) is 6. The van der Waals surface area contributed by atoms with E-state index in [2.05, 4.69) is 41.0 Å². The number of carbonyl (C=O) groups is 1. The van der Waals surface area contributed by atoms with Gasteiger partial charge in [0.1, 0.15) is 16.1 Å². The summed E-state index contributed by atoms with van der Waals surface area (Å²) in [5.41, 5.74) is 7.51. The van der Waals surface area contributed by atoms with Crippen LogP contribution in [-0.2, 0) is 0 Å². The first-order valence-corrected chi connectivity index (χ1v) is 9.90. The van der Waals surface area contributed by atoms with E-state index in [-0.39, 0.29) is 11.1 Å². The molecule has 0 radical (unpaired) electrons. The number of hydrogen-bond donors (Lipinski definition) is 3. The SMILES string of the molecule is CC1(N)CCN(c2cc(C(=O)O)c3c(-c4ccnc(Br)c4Cl)n[nH]c3n2)CC1. The lowest BCUT2D eigenvalue weighted by molar-refractivity contribution is 0.0699. The number of pyridine rings is 2. The number of carboxylic acid groups (broad SMARTS) is 1. The van der Waals surface area contributed by atoms with Crippen molar-refractivity contribution in [3.05, 3.63) is 33.5 Å². The maximum Gasteiger partial charge on any atom is 0.336 e. The standard InChI is InChI=1S/C18H18BrClN6O2/c1-18(21)3-6-26(7-4-18)11-8-10(17(27)28)12-14(24-25-16(12)23-11)9-2-5-22-15(19)13(9)20/h2,5,8H,3-4,6-7,21H2,1H3,(H,27,28)(H,23,24,25). The second-order valence-electron chi connectivity index (χ2n) is 7.23. The van der Waals surface area contributed by atoms with E-state index < -0.39 is 5.97 Å². The number of fused-ring (bicyclic) bond motifs is 1. The van der Waals surface area contributed by atoms with E-state index in [1.54, 1.807) is 18.3 Å². The number of H-pyrrole nitrogens is 1. The van der Waals surface area contributed by atoms with Gasteiger partial charge in [-0.1, -0.05) is 11.6 Å². The fraction of sp³-hybridized carbons (Fsp3) is 0.333. The van der Waals surface area contributed by atoms with Crippen LogP contribution in [0.4, 0.5) is 5.82 Å². The van der Waals surface area contributed by atoms with Gasteiger partial charge in [-0.15, -0.1) is 0 Å². The van der Waals surface area contributed by atoms with Gasteiger partial charge in [0.15, 0.2) is 5.65 Å². The molecule has 3 aromatic heterocycles. The van der Waals surface area contributed by atoms with Crippen molar-refractivity contribution in [2.75, 3.05) is 18.0 Å². The molecule has 28 heavy (non-hydrogen) atoms. The maximum absolute atomic E-state index is 12.0. The van der Waals surface area contributed by atoms with Crippen molar-refractivity contribution in [1.29, 1.82) is 0 Å². The van der Waals surface area contributed by atoms with E-state index in [0.717, 1.165) is 12.8 Å². The summed E-state index contributed by atoms with van der Waals surface area (Å²) in [7, 11) is 0. The van der Waals surface area contributed by atoms with Crippen LogP contribution in [0.3, 0.4) is 0 Å². The molecule has 0 aliphatic carbocycles. The van der Waals surface area contributed by atoms with Gasteiger partial charge in [-0.2, -0.15) is 5.10 Å². The first-order chi connectivity index (χ1) is 13.3. The van der Waals surface area contributed by atoms with E-state index in [1.807, 2.05) is 6.92 Å². The molecule has 1 aliphatic heterocycles. The lowest BCUT2D eigenvalue weighted by Gasteiger charge is -2.37. The van der Waals surface area contributed by atoms with Crippen LogP contribution >= 0.6 is 27.5 Å². The number of aromatic amines is 1. The van der Waals surface area contributed by atoms with E-state index in [0.29, 0.717) is 50.8 Å². The normalized spacial score (nSPS) is 16.5. The fourth-order valence-corrected chi connectivity index (χ4v) is 3.92. The largest absolute Gasteiger partial charge is 0.478 e. The third-order valence-corrected chi connectivity index (χ3v) is 6.29. The summed E-state index contributed by atoms with van der Waals surface area (Å²) in [6, 6.07) is 3.28. The second-order valence-corrected chi connectivity index (χ2v) is 8.36. The van der Waals surface area contributed by atoms with Crippen LogP contribution in [0.1, 0.15) is 30.1 Å². The van der Waals surface area contributed by atoms with Gasteiger partial charge in [-0.25, -0.2) is 14.8 Å². The first kappa shape index (κ1) is 19.1. The molecule has 0 atom stereocenters. The Morgan fingerprint density at radius 1 is 1.43 bits per heavy atom. The smallest absolute Gasteiger partial charge is 0.336 e. The molecule has 0 aromatic carbocycles. The average molecular weight is 466 g/mol. The lowest BCUT2D eigenvalue weighted by Crippen LogP contribution is -2.48. The van der Waals surface area contributed by atoms with Gasteiger partial charge in [0.05, 0.1) is 16.0 Å². The van der Waals surface area contributed by atoms with Gasteiger partial charge < -0.3 is 15.7 Å². The summed E-state index contributed by atoms with van der Waals surface area (Å²) in [5.74, 6) is -0.459. The zero-order valence-electron chi connectivity index (χ0n) is 15.0. The number of nitrogens with zero attached hydrogens (tertiary/aromatic N) is 4. The number of nitrogens with one attached hydrogen (secondary N) is 1. The molecule has 0 spiro atoms. The molecule has 1 aliphatic rings. The Balaban J connectivity index is 1.84. The lowest BCUT2D eigenvalue weighted by atomic mass is 9.91. The molecule has 1 fully saturated rings. The van der Waals surface area contributed by atoms with E-state index >= 15 is 0 Å². The van der Waals surface area contributed by atoms with Gasteiger partial charge in [-0.3, -0.25) is 5.10 Å². The molecular formula is C18H18BrClN6O2. The molecule has 0 amide bonds. The summed E-state index contributed by atoms with van der Waals surface area (Å²) in [4.78, 5) is 22.8. The van der Waals surface area contributed by atoms with Crippen LogP contribution in [0.2, 0.25) is 5.02 Å². The van der Waals surface area contributed by atoms with Crippen molar-refractivity contribution in [1.82, 2.24) is 20.2 Å². The van der Waals surface area contributed by atoms with Crippen LogP contribution in [-0.4, -0.2) is 49.9 Å². The molecular weight excluding hydrogens is 448 g/mol. The quantitative estimate of drug-likeness (QED) is 0.506. The summed E-state index contributed by atoms with van der Waals surface area (Å²) in [5, 5.41) is 17.8. The molecule has 146 valence electrons. The van der Waals surface area contributed by atoms with Gasteiger partial charge in [0, 0.05) is 30.4 Å². The molecule has 0 saturated carbocycles. The Morgan fingerprint density at radius 3 is 2.82 bits per heavy atom. The van der Waals surface area contributed by atoms with Gasteiger partial charge in [-0.05, 0) is 47.8 Å². The zero-order chi connectivity index (χ0) is 20.1. The summed E-state index contributed by atoms with van der Waals surface area (Å²) in [6.07, 6.45) is 3.19. The van der Waals surface area contributed by atoms with Crippen molar-refractivity contribution in [2.45, 2.75) is 25.3 Å². The highest BCUT2D eigenvalue weighted by molar-refractivity contribution is 9.10. The highest BCUT2D eigenvalue weighted by Gasteiger charge is 2.28. The molecule has 3 aromatic rings. The van der Waals surface area contributed by atoms with Crippen molar-refractivity contribution in [2.24, 2.45) is 5.73 Å². The number of aromatic nitrogens is 4. The van der Waals surface area contributed by atoms with Crippen molar-refractivity contribution in [3.63, 3.8) is 0 Å². The van der Waals surface area contributed by atoms with Gasteiger partial charge in [0.2, 0.25) is 0 Å². The van der Waals surface area contributed by atoms with Crippen molar-refractivity contribution >= 4 is 50.4 Å². The van der Waals surface area contributed by atoms with Gasteiger partial charge >= 0.3 is 5.97 Å². The van der Waals surface area contributed by atoms with Crippen LogP contribution in [0, 0.1) is 0 Å². The summed E-state index contributed by atoms with van der Waals surface area (Å²) >= 11 is 9.63. The fourth-order valence-electron chi connectivity index (χ4n) is 3.39. The number of rotatable bonds is 3. The number of anilines is 1. The highest BCUT2D eigenvalue weighted by atomic mass is 79.9. The van der Waals surface area contributed by atoms with E-state index in [1.165, 1.54) is 0 Å². The third kappa shape index (κ3) is 3.34. The van der Waals surface area contributed by atoms with Crippen molar-refractivity contribution in [3.8, 4) is 11.3 Å². The maximum atomic E-state index is 12.0. The molecule has 10 heteroatoms. The predicted molar refractivity (Wildman–Crippen MR) is 111 cm³/mol. The van der Waals surface area contributed by atoms with Gasteiger partial charge in [0.25, 0.3) is 0 Å². The Labute approximate surface area is 174 Å². The monoisotopic (exact) mass is 464 g/mol. The predicted octanol–water partition coefficient (Wildman–Crippen LogP) is 3.45. The zero-order valence-corrected chi connectivity index (χ0v) is 17.4. The first-order valence-electron chi connectivity index (χ1n) is 8.73. The van der Waals surface area contributed by atoms with Crippen molar-refractivity contribution < 1.29 is 9.90 Å². The molecule has 8 nitrogen and oxygen atoms in total. The Kier molecular flexibility index (Phi) is 4.76. The van der Waals surface area contributed by atoms with E-state index in [4.69, 9.17) is 17.3 Å². The van der Waals surface area contributed by atoms with Crippen LogP contribution in [0.15, 0.2) is 22.9 Å². The van der Waals surface area contributed by atoms with Crippen LogP contribution in [0.25, 0.3) is 22.3 Å². The minimum Gasteiger partial charge on any atom is -0.478 e. The number of piperidine rings is 1. The molecule has 4 rings (SSSR count). The Hall–Kier alpha value is -2.23. The number of nitrogens with two attached hydrogens (primary N) is 1. The molecule has 0 unspecified atom stereocenters. The Morgan fingerprint density at radius 2 is 2.14 bits per heavy atom. The van der Waals surface area contributed by atoms with Crippen LogP contribution < -0.4 is 10.6 Å². The minimum atomic E-state index is -1.05. The van der Waals surface area contributed by atoms with Crippen LogP contribution in [0.5, 0.6) is 0 Å².